The van der Waals surface area contributed by atoms with E-state index in [-0.39, 0.29) is 17.6 Å². The number of methoxy groups -OCH3 is 1. The van der Waals surface area contributed by atoms with Crippen LogP contribution in [-0.2, 0) is 9.59 Å². The molecule has 4 atom stereocenters. The number of nitrogens with zero attached hydrogens (tertiary/aromatic N) is 3. The molecule has 150 valence electrons. The normalized spacial score (nSPS) is 26.7. The van der Waals surface area contributed by atoms with Crippen molar-refractivity contribution >= 4 is 29.5 Å². The number of ether oxygens (including phenoxy) is 1. The summed E-state index contributed by atoms with van der Waals surface area (Å²) in [6.07, 6.45) is 5.17. The van der Waals surface area contributed by atoms with Crippen LogP contribution in [0.4, 0.5) is 5.69 Å². The molecule has 7 nitrogen and oxygen atoms in total. The molecule has 0 saturated carbocycles. The Balaban J connectivity index is 1.56. The van der Waals surface area contributed by atoms with E-state index in [0.29, 0.717) is 17.0 Å². The Bertz CT molecular complexity index is 1080. The van der Waals surface area contributed by atoms with Crippen LogP contribution >= 0.6 is 0 Å². The molecule has 3 aliphatic rings. The standard InChI is InChI=1S/C23H19N3O4/c1-30-16-11-9-14(10-12-16)21(27)20-19-18(17-8-5-13-24-26(17)20)22(28)25(23(19)29)15-6-3-2-4-7-15/h2-13,17-20H,1H3/t17-,18-,19-,20-/m0/s1. The minimum absolute atomic E-state index is 0.237. The van der Waals surface area contributed by atoms with Gasteiger partial charge in [0.15, 0.2) is 5.78 Å². The molecule has 0 aliphatic carbocycles. The van der Waals surface area contributed by atoms with Gasteiger partial charge in [0.2, 0.25) is 11.8 Å². The largest absolute Gasteiger partial charge is 0.497 e. The summed E-state index contributed by atoms with van der Waals surface area (Å²) in [6.45, 7) is 0. The second kappa shape index (κ2) is 6.95. The molecule has 0 N–H and O–H groups in total. The number of rotatable bonds is 4. The van der Waals surface area contributed by atoms with Gasteiger partial charge in [-0.1, -0.05) is 24.3 Å². The highest BCUT2D eigenvalue weighted by Crippen LogP contribution is 2.46. The van der Waals surface area contributed by atoms with Gasteiger partial charge in [0, 0.05) is 11.8 Å². The number of carbonyl (C=O) groups excluding carboxylic acids is 3. The van der Waals surface area contributed by atoms with Crippen LogP contribution in [-0.4, -0.2) is 48.0 Å². The number of fused-ring (bicyclic) bond motifs is 3. The minimum Gasteiger partial charge on any atom is -0.497 e. The number of anilines is 1. The second-order valence-electron chi connectivity index (χ2n) is 7.46. The number of carbonyl (C=O) groups is 3. The van der Waals surface area contributed by atoms with Gasteiger partial charge < -0.3 is 4.74 Å². The predicted molar refractivity (Wildman–Crippen MR) is 110 cm³/mol. The van der Waals surface area contributed by atoms with E-state index in [4.69, 9.17) is 4.74 Å². The first-order chi connectivity index (χ1) is 14.6. The van der Waals surface area contributed by atoms with Gasteiger partial charge in [-0.25, -0.2) is 4.90 Å². The van der Waals surface area contributed by atoms with Gasteiger partial charge >= 0.3 is 0 Å². The van der Waals surface area contributed by atoms with Crippen molar-refractivity contribution < 1.29 is 19.1 Å². The Hall–Kier alpha value is -3.74. The van der Waals surface area contributed by atoms with E-state index in [1.165, 1.54) is 4.90 Å². The minimum atomic E-state index is -0.847. The molecular formula is C23H19N3O4. The smallest absolute Gasteiger partial charge is 0.240 e. The molecule has 5 rings (SSSR count). The summed E-state index contributed by atoms with van der Waals surface area (Å²) in [5, 5.41) is 5.97. The lowest BCUT2D eigenvalue weighted by molar-refractivity contribution is -0.123. The van der Waals surface area contributed by atoms with E-state index >= 15 is 0 Å². The van der Waals surface area contributed by atoms with Gasteiger partial charge in [-0.05, 0) is 42.5 Å². The van der Waals surface area contributed by atoms with Gasteiger partial charge in [0.25, 0.3) is 0 Å². The number of Topliss-reactive ketones (excluding diaryl/α,β-unsaturated/α-hetero) is 1. The molecule has 2 aromatic rings. The number of benzene rings is 2. The molecule has 2 amide bonds. The predicted octanol–water partition coefficient (Wildman–Crippen LogP) is 2.29. The first-order valence-electron chi connectivity index (χ1n) is 9.72. The third kappa shape index (κ3) is 2.58. The summed E-state index contributed by atoms with van der Waals surface area (Å²) < 4.78 is 5.16. The molecule has 7 heteroatoms. The van der Waals surface area contributed by atoms with Crippen molar-refractivity contribution in [1.82, 2.24) is 5.01 Å². The fourth-order valence-electron chi connectivity index (χ4n) is 4.59. The van der Waals surface area contributed by atoms with Crippen LogP contribution in [0, 0.1) is 11.8 Å². The first-order valence-corrected chi connectivity index (χ1v) is 9.72. The van der Waals surface area contributed by atoms with Gasteiger partial charge in [-0.2, -0.15) is 5.10 Å². The Labute approximate surface area is 173 Å². The van der Waals surface area contributed by atoms with E-state index in [2.05, 4.69) is 5.10 Å². The number of amides is 2. The van der Waals surface area contributed by atoms with Crippen molar-refractivity contribution in [2.45, 2.75) is 12.1 Å². The first kappa shape index (κ1) is 18.3. The summed E-state index contributed by atoms with van der Waals surface area (Å²) in [5.41, 5.74) is 0.968. The van der Waals surface area contributed by atoms with Crippen LogP contribution in [0.15, 0.2) is 71.9 Å². The zero-order chi connectivity index (χ0) is 20.8. The van der Waals surface area contributed by atoms with Crippen molar-refractivity contribution in [3.8, 4) is 5.75 Å². The zero-order valence-electron chi connectivity index (χ0n) is 16.2. The highest BCUT2D eigenvalue weighted by atomic mass is 16.5. The van der Waals surface area contributed by atoms with E-state index in [1.54, 1.807) is 72.9 Å². The van der Waals surface area contributed by atoms with E-state index in [9.17, 15) is 14.4 Å². The number of hydrazone groups is 1. The van der Waals surface area contributed by atoms with Crippen molar-refractivity contribution in [2.24, 2.45) is 16.9 Å². The van der Waals surface area contributed by atoms with E-state index in [0.717, 1.165) is 0 Å². The summed E-state index contributed by atoms with van der Waals surface area (Å²) in [5.74, 6) is -1.71. The van der Waals surface area contributed by atoms with Crippen molar-refractivity contribution in [3.63, 3.8) is 0 Å². The molecule has 2 aromatic carbocycles. The van der Waals surface area contributed by atoms with Crippen LogP contribution < -0.4 is 9.64 Å². The highest BCUT2D eigenvalue weighted by molar-refractivity contribution is 6.24. The number of hydrogen-bond acceptors (Lipinski definition) is 6. The Morgan fingerprint density at radius 1 is 0.967 bits per heavy atom. The van der Waals surface area contributed by atoms with Crippen molar-refractivity contribution in [1.29, 1.82) is 0 Å². The summed E-state index contributed by atoms with van der Waals surface area (Å²) in [6, 6.07) is 14.3. The SMILES string of the molecule is COc1ccc(C(=O)[C@@H]2[C@H]3C(=O)N(c4ccccc4)C(=O)[C@H]3[C@@H]3C=CC=NN23)cc1. The zero-order valence-corrected chi connectivity index (χ0v) is 16.2. The van der Waals surface area contributed by atoms with E-state index in [1.807, 2.05) is 12.1 Å². The summed E-state index contributed by atoms with van der Waals surface area (Å²) in [4.78, 5) is 41.4. The van der Waals surface area contributed by atoms with Crippen molar-refractivity contribution in [3.05, 3.63) is 72.3 Å². The third-order valence-electron chi connectivity index (χ3n) is 5.95. The second-order valence-corrected chi connectivity index (χ2v) is 7.46. The molecule has 0 aromatic heterocycles. The number of imide groups is 1. The lowest BCUT2D eigenvalue weighted by Crippen LogP contribution is -2.46. The maximum absolute atomic E-state index is 13.5. The lowest BCUT2D eigenvalue weighted by atomic mass is 9.86. The molecule has 2 fully saturated rings. The molecule has 3 heterocycles. The number of hydrogen-bond donors (Lipinski definition) is 0. The van der Waals surface area contributed by atoms with Gasteiger partial charge in [0.1, 0.15) is 11.8 Å². The molecule has 0 radical (unpaired) electrons. The average molecular weight is 401 g/mol. The van der Waals surface area contributed by atoms with Crippen LogP contribution in [0.1, 0.15) is 10.4 Å². The van der Waals surface area contributed by atoms with Gasteiger partial charge in [-0.3, -0.25) is 19.4 Å². The highest BCUT2D eigenvalue weighted by Gasteiger charge is 2.64. The van der Waals surface area contributed by atoms with Crippen LogP contribution in [0.3, 0.4) is 0 Å². The molecule has 0 unspecified atom stereocenters. The number of ketones is 1. The molecule has 0 bridgehead atoms. The average Bonchev–Trinajstić information content (AvgIpc) is 3.26. The topological polar surface area (TPSA) is 79.3 Å². The fraction of sp³-hybridized carbons (Fsp3) is 0.217. The maximum Gasteiger partial charge on any atom is 0.240 e. The fourth-order valence-corrected chi connectivity index (χ4v) is 4.59. The van der Waals surface area contributed by atoms with Crippen LogP contribution in [0.25, 0.3) is 0 Å². The molecular weight excluding hydrogens is 382 g/mol. The molecule has 3 aliphatic heterocycles. The monoisotopic (exact) mass is 401 g/mol. The Morgan fingerprint density at radius 2 is 1.67 bits per heavy atom. The van der Waals surface area contributed by atoms with Crippen molar-refractivity contribution in [2.75, 3.05) is 12.0 Å². The van der Waals surface area contributed by atoms with Gasteiger partial charge in [0.05, 0.1) is 30.7 Å². The quantitative estimate of drug-likeness (QED) is 0.580. The van der Waals surface area contributed by atoms with Crippen LogP contribution in [0.2, 0.25) is 0 Å². The Morgan fingerprint density at radius 3 is 2.37 bits per heavy atom. The summed E-state index contributed by atoms with van der Waals surface area (Å²) >= 11 is 0. The number of para-hydroxylation sites is 1. The lowest BCUT2D eigenvalue weighted by Gasteiger charge is -2.30. The molecule has 2 saturated heterocycles. The Kier molecular flexibility index (Phi) is 4.24. The van der Waals surface area contributed by atoms with E-state index < -0.39 is 23.9 Å². The maximum atomic E-state index is 13.5. The van der Waals surface area contributed by atoms with Crippen LogP contribution in [0.5, 0.6) is 5.75 Å². The summed E-state index contributed by atoms with van der Waals surface area (Å²) in [7, 11) is 1.55. The van der Waals surface area contributed by atoms with Gasteiger partial charge in [-0.15, -0.1) is 0 Å². The molecule has 30 heavy (non-hydrogen) atoms. The number of allylic oxidation sites excluding steroid dienone is 1. The molecule has 0 spiro atoms. The third-order valence-corrected chi connectivity index (χ3v) is 5.95.